The van der Waals surface area contributed by atoms with Crippen LogP contribution in [0.15, 0.2) is 58.2 Å². The molecule has 0 bridgehead atoms. The lowest BCUT2D eigenvalue weighted by Gasteiger charge is -2.12. The molecule has 7 heteroatoms. The number of furan rings is 1. The van der Waals surface area contributed by atoms with E-state index in [4.69, 9.17) is 4.42 Å². The highest BCUT2D eigenvalue weighted by Crippen LogP contribution is 2.34. The zero-order chi connectivity index (χ0) is 19.0. The molecule has 4 rings (SSSR count). The topological polar surface area (TPSA) is 68.0 Å². The summed E-state index contributed by atoms with van der Waals surface area (Å²) in [6, 6.07) is 12.2. The summed E-state index contributed by atoms with van der Waals surface area (Å²) in [5.74, 6) is -0.598. The quantitative estimate of drug-likeness (QED) is 0.400. The maximum absolute atomic E-state index is 13.7. The van der Waals surface area contributed by atoms with Gasteiger partial charge < -0.3 is 9.73 Å². The van der Waals surface area contributed by atoms with Crippen LogP contribution in [0.25, 0.3) is 22.1 Å². The minimum absolute atomic E-state index is 0.244. The number of aromatic nitrogens is 2. The van der Waals surface area contributed by atoms with Gasteiger partial charge in [-0.2, -0.15) is 0 Å². The molecule has 2 aromatic heterocycles. The number of rotatable bonds is 4. The van der Waals surface area contributed by atoms with Crippen molar-refractivity contribution >= 4 is 45.4 Å². The number of fused-ring (bicyclic) bond motifs is 3. The van der Waals surface area contributed by atoms with Crippen LogP contribution in [0, 0.1) is 12.7 Å². The fourth-order valence-corrected chi connectivity index (χ4v) is 3.58. The number of benzene rings is 2. The van der Waals surface area contributed by atoms with Gasteiger partial charge in [0.1, 0.15) is 28.3 Å². The largest absolute Gasteiger partial charge is 0.451 e. The van der Waals surface area contributed by atoms with Crippen molar-refractivity contribution in [3.05, 3.63) is 60.2 Å². The van der Waals surface area contributed by atoms with Gasteiger partial charge in [-0.1, -0.05) is 30.0 Å². The number of hydrogen-bond donors (Lipinski definition) is 1. The molecular formula is C20H16FN3O2S. The molecule has 0 aliphatic carbocycles. The molecule has 5 nitrogen and oxygen atoms in total. The number of para-hydroxylation sites is 1. The Morgan fingerprint density at radius 2 is 2.04 bits per heavy atom. The summed E-state index contributed by atoms with van der Waals surface area (Å²) < 4.78 is 19.6. The summed E-state index contributed by atoms with van der Waals surface area (Å²) in [7, 11) is 0. The van der Waals surface area contributed by atoms with Gasteiger partial charge in [0.05, 0.1) is 5.25 Å². The normalized spacial score (nSPS) is 12.4. The molecular weight excluding hydrogens is 365 g/mol. The van der Waals surface area contributed by atoms with Crippen molar-refractivity contribution in [1.82, 2.24) is 9.97 Å². The van der Waals surface area contributed by atoms with E-state index in [9.17, 15) is 9.18 Å². The molecule has 0 fully saturated rings. The van der Waals surface area contributed by atoms with Crippen molar-refractivity contribution < 1.29 is 13.6 Å². The molecule has 0 saturated carbocycles. The Morgan fingerprint density at radius 3 is 2.85 bits per heavy atom. The van der Waals surface area contributed by atoms with E-state index in [1.54, 1.807) is 26.0 Å². The van der Waals surface area contributed by atoms with Crippen LogP contribution in [-0.2, 0) is 4.79 Å². The minimum atomic E-state index is -0.458. The second-order valence-electron chi connectivity index (χ2n) is 6.17. The Morgan fingerprint density at radius 1 is 1.22 bits per heavy atom. The first kappa shape index (κ1) is 17.5. The van der Waals surface area contributed by atoms with Crippen LogP contribution >= 0.6 is 11.8 Å². The van der Waals surface area contributed by atoms with E-state index in [2.05, 4.69) is 15.3 Å². The molecule has 4 aromatic rings. The number of carbonyl (C=O) groups is 1. The van der Waals surface area contributed by atoms with Gasteiger partial charge in [0.2, 0.25) is 5.91 Å². The van der Waals surface area contributed by atoms with Crippen LogP contribution in [-0.4, -0.2) is 21.1 Å². The van der Waals surface area contributed by atoms with Crippen molar-refractivity contribution in [1.29, 1.82) is 0 Å². The predicted octanol–water partition coefficient (Wildman–Crippen LogP) is 4.94. The van der Waals surface area contributed by atoms with Crippen LogP contribution < -0.4 is 5.32 Å². The van der Waals surface area contributed by atoms with Crippen LogP contribution in [0.5, 0.6) is 0 Å². The number of thioether (sulfide) groups is 1. The monoisotopic (exact) mass is 381 g/mol. The predicted molar refractivity (Wildman–Crippen MR) is 104 cm³/mol. The number of nitrogens with one attached hydrogen (secondary N) is 1. The van der Waals surface area contributed by atoms with Gasteiger partial charge in [0, 0.05) is 11.1 Å². The third-order valence-electron chi connectivity index (χ3n) is 4.22. The SMILES string of the molecule is Cc1ccc(NC(=O)[C@@H](C)Sc2ncnc3c2oc2ccccc23)cc1F. The lowest BCUT2D eigenvalue weighted by atomic mass is 10.2. The zero-order valence-corrected chi connectivity index (χ0v) is 15.5. The molecule has 2 aromatic carbocycles. The number of nitrogens with zero attached hydrogens (tertiary/aromatic N) is 2. The van der Waals surface area contributed by atoms with Crippen LogP contribution in [0.1, 0.15) is 12.5 Å². The molecule has 0 aliphatic rings. The van der Waals surface area contributed by atoms with E-state index in [1.165, 1.54) is 24.2 Å². The Bertz CT molecular complexity index is 1160. The Labute approximate surface area is 159 Å². The van der Waals surface area contributed by atoms with Gasteiger partial charge in [-0.15, -0.1) is 0 Å². The number of aryl methyl sites for hydroxylation is 1. The molecule has 2 heterocycles. The fourth-order valence-electron chi connectivity index (χ4n) is 2.72. The van der Waals surface area contributed by atoms with Gasteiger partial charge in [0.25, 0.3) is 0 Å². The van der Waals surface area contributed by atoms with E-state index in [1.807, 2.05) is 24.3 Å². The molecule has 27 heavy (non-hydrogen) atoms. The molecule has 0 spiro atoms. The third-order valence-corrected chi connectivity index (χ3v) is 5.30. The number of hydrogen-bond acceptors (Lipinski definition) is 5. The summed E-state index contributed by atoms with van der Waals surface area (Å²) in [6.45, 7) is 3.44. The second-order valence-corrected chi connectivity index (χ2v) is 7.50. The average molecular weight is 381 g/mol. The molecule has 1 amide bonds. The van der Waals surface area contributed by atoms with Crippen molar-refractivity contribution in [2.24, 2.45) is 0 Å². The van der Waals surface area contributed by atoms with Gasteiger partial charge in [-0.25, -0.2) is 14.4 Å². The maximum atomic E-state index is 13.7. The third kappa shape index (κ3) is 3.38. The highest BCUT2D eigenvalue weighted by atomic mass is 32.2. The van der Waals surface area contributed by atoms with E-state index < -0.39 is 5.25 Å². The van der Waals surface area contributed by atoms with Crippen LogP contribution in [0.2, 0.25) is 0 Å². The summed E-state index contributed by atoms with van der Waals surface area (Å²) in [5, 5.41) is 3.77. The highest BCUT2D eigenvalue weighted by molar-refractivity contribution is 8.00. The van der Waals surface area contributed by atoms with Crippen LogP contribution in [0.4, 0.5) is 10.1 Å². The molecule has 0 unspecified atom stereocenters. The van der Waals surface area contributed by atoms with Crippen molar-refractivity contribution in [2.75, 3.05) is 5.32 Å². The smallest absolute Gasteiger partial charge is 0.237 e. The Kier molecular flexibility index (Phi) is 4.53. The van der Waals surface area contributed by atoms with Gasteiger partial charge in [-0.05, 0) is 43.7 Å². The minimum Gasteiger partial charge on any atom is -0.451 e. The molecule has 0 saturated heterocycles. The number of halogens is 1. The standard InChI is InChI=1S/C20H16FN3O2S/c1-11-7-8-13(9-15(11)21)24-19(25)12(2)27-20-18-17(22-10-23-20)14-5-3-4-6-16(14)26-18/h3-10,12H,1-2H3,(H,24,25)/t12-/m1/s1. The van der Waals surface area contributed by atoms with Crippen molar-refractivity contribution in [3.63, 3.8) is 0 Å². The fraction of sp³-hybridized carbons (Fsp3) is 0.150. The van der Waals surface area contributed by atoms with E-state index >= 15 is 0 Å². The number of amides is 1. The van der Waals surface area contributed by atoms with Crippen molar-refractivity contribution in [2.45, 2.75) is 24.1 Å². The van der Waals surface area contributed by atoms with E-state index in [-0.39, 0.29) is 11.7 Å². The van der Waals surface area contributed by atoms with Gasteiger partial charge >= 0.3 is 0 Å². The molecule has 1 N–H and O–H groups in total. The van der Waals surface area contributed by atoms with E-state index in [0.717, 1.165) is 16.5 Å². The van der Waals surface area contributed by atoms with Gasteiger partial charge in [-0.3, -0.25) is 4.79 Å². The second kappa shape index (κ2) is 7.00. The Hall–Kier alpha value is -2.93. The van der Waals surface area contributed by atoms with Crippen molar-refractivity contribution in [3.8, 4) is 0 Å². The lowest BCUT2D eigenvalue weighted by Crippen LogP contribution is -2.22. The van der Waals surface area contributed by atoms with Crippen LogP contribution in [0.3, 0.4) is 0 Å². The summed E-state index contributed by atoms with van der Waals surface area (Å²) >= 11 is 1.27. The van der Waals surface area contributed by atoms with E-state index in [0.29, 0.717) is 21.9 Å². The lowest BCUT2D eigenvalue weighted by molar-refractivity contribution is -0.115. The zero-order valence-electron chi connectivity index (χ0n) is 14.7. The summed E-state index contributed by atoms with van der Waals surface area (Å²) in [4.78, 5) is 21.1. The molecule has 0 aliphatic heterocycles. The first-order valence-corrected chi connectivity index (χ1v) is 9.27. The molecule has 0 radical (unpaired) electrons. The average Bonchev–Trinajstić information content (AvgIpc) is 3.04. The Balaban J connectivity index is 1.57. The molecule has 136 valence electrons. The maximum Gasteiger partial charge on any atom is 0.237 e. The van der Waals surface area contributed by atoms with Gasteiger partial charge in [0.15, 0.2) is 5.58 Å². The summed E-state index contributed by atoms with van der Waals surface area (Å²) in [6.07, 6.45) is 1.46. The first-order chi connectivity index (χ1) is 13.0. The molecule has 1 atom stereocenters. The number of anilines is 1. The summed E-state index contributed by atoms with van der Waals surface area (Å²) in [5.41, 5.74) is 2.96. The number of carbonyl (C=O) groups excluding carboxylic acids is 1. The first-order valence-electron chi connectivity index (χ1n) is 8.39. The highest BCUT2D eigenvalue weighted by Gasteiger charge is 2.20.